The summed E-state index contributed by atoms with van der Waals surface area (Å²) >= 11 is 4.97. The zero-order chi connectivity index (χ0) is 20.1. The van der Waals surface area contributed by atoms with E-state index in [0.717, 1.165) is 32.2 Å². The van der Waals surface area contributed by atoms with Gasteiger partial charge in [0.05, 0.1) is 18.1 Å². The molecule has 0 unspecified atom stereocenters. The molecular weight excluding hydrogens is 440 g/mol. The molecule has 0 aliphatic rings. The minimum absolute atomic E-state index is 0.108. The highest BCUT2D eigenvalue weighted by Gasteiger charge is 2.14. The number of carbonyl (C=O) groups is 1. The van der Waals surface area contributed by atoms with Gasteiger partial charge in [-0.25, -0.2) is 14.6 Å². The van der Waals surface area contributed by atoms with Crippen LogP contribution in [0.4, 0.5) is 5.82 Å². The molecule has 2 heterocycles. The molecule has 0 radical (unpaired) electrons. The molecule has 0 bridgehead atoms. The van der Waals surface area contributed by atoms with E-state index in [2.05, 4.69) is 62.4 Å². The number of hydrogen-bond acceptors (Lipinski definition) is 6. The van der Waals surface area contributed by atoms with Crippen LogP contribution in [0.25, 0.3) is 11.0 Å². The molecule has 0 saturated carbocycles. The fourth-order valence-corrected chi connectivity index (χ4v) is 3.48. The standard InChI is InChI=1S/C19H23BrN6OS/c1-4-28-19-24-16(23-12(2)3)15-11-22-26(17(15)25-19)10-9-21-18(27)13-5-7-14(20)8-6-13/h5-8,11-12H,4,9-10H2,1-3H3,(H,21,27)(H,23,24,25). The summed E-state index contributed by atoms with van der Waals surface area (Å²) in [5.41, 5.74) is 1.40. The van der Waals surface area contributed by atoms with Crippen molar-refractivity contribution in [2.75, 3.05) is 17.6 Å². The maximum absolute atomic E-state index is 12.3. The average Bonchev–Trinajstić information content (AvgIpc) is 3.05. The van der Waals surface area contributed by atoms with Gasteiger partial charge in [-0.15, -0.1) is 0 Å². The largest absolute Gasteiger partial charge is 0.367 e. The predicted molar refractivity (Wildman–Crippen MR) is 117 cm³/mol. The molecule has 0 saturated heterocycles. The molecule has 2 aromatic heterocycles. The van der Waals surface area contributed by atoms with Gasteiger partial charge in [-0.05, 0) is 43.9 Å². The number of benzene rings is 1. The quantitative estimate of drug-likeness (QED) is 0.389. The van der Waals surface area contributed by atoms with E-state index in [1.54, 1.807) is 30.1 Å². The second kappa shape index (κ2) is 9.38. The van der Waals surface area contributed by atoms with Gasteiger partial charge in [0.2, 0.25) is 0 Å². The van der Waals surface area contributed by atoms with Gasteiger partial charge in [0.15, 0.2) is 10.8 Å². The molecule has 9 heteroatoms. The third-order valence-electron chi connectivity index (χ3n) is 3.89. The first-order valence-corrected chi connectivity index (χ1v) is 10.9. The van der Waals surface area contributed by atoms with Crippen LogP contribution in [0.3, 0.4) is 0 Å². The first kappa shape index (κ1) is 20.6. The lowest BCUT2D eigenvalue weighted by atomic mass is 10.2. The molecule has 3 rings (SSSR count). The van der Waals surface area contributed by atoms with Gasteiger partial charge in [0.25, 0.3) is 5.91 Å². The maximum atomic E-state index is 12.3. The molecule has 0 spiro atoms. The molecule has 0 fully saturated rings. The number of amides is 1. The number of hydrogen-bond donors (Lipinski definition) is 2. The van der Waals surface area contributed by atoms with E-state index in [0.29, 0.717) is 18.7 Å². The number of carbonyl (C=O) groups excluding carboxylic acids is 1. The van der Waals surface area contributed by atoms with Crippen molar-refractivity contribution in [3.63, 3.8) is 0 Å². The zero-order valence-electron chi connectivity index (χ0n) is 16.1. The molecule has 148 valence electrons. The highest BCUT2D eigenvalue weighted by Crippen LogP contribution is 2.24. The first-order chi connectivity index (χ1) is 13.5. The summed E-state index contributed by atoms with van der Waals surface area (Å²) in [6, 6.07) is 7.53. The molecular formula is C19H23BrN6OS. The van der Waals surface area contributed by atoms with Crippen LogP contribution < -0.4 is 10.6 Å². The summed E-state index contributed by atoms with van der Waals surface area (Å²) in [5.74, 6) is 1.58. The highest BCUT2D eigenvalue weighted by atomic mass is 79.9. The lowest BCUT2D eigenvalue weighted by molar-refractivity contribution is 0.0952. The van der Waals surface area contributed by atoms with Gasteiger partial charge < -0.3 is 10.6 Å². The molecule has 1 amide bonds. The monoisotopic (exact) mass is 462 g/mol. The van der Waals surface area contributed by atoms with Gasteiger partial charge in [-0.2, -0.15) is 5.10 Å². The summed E-state index contributed by atoms with van der Waals surface area (Å²) in [4.78, 5) is 21.5. The number of thioether (sulfide) groups is 1. The fourth-order valence-electron chi connectivity index (χ4n) is 2.65. The molecule has 28 heavy (non-hydrogen) atoms. The number of aromatic nitrogens is 4. The lowest BCUT2D eigenvalue weighted by Crippen LogP contribution is -2.27. The molecule has 3 aromatic rings. The van der Waals surface area contributed by atoms with Crippen molar-refractivity contribution in [3.05, 3.63) is 40.5 Å². The summed E-state index contributed by atoms with van der Waals surface area (Å²) in [6.45, 7) is 7.20. The van der Waals surface area contributed by atoms with Gasteiger partial charge in [0.1, 0.15) is 5.82 Å². The Kier molecular flexibility index (Phi) is 6.90. The van der Waals surface area contributed by atoms with E-state index in [4.69, 9.17) is 0 Å². The number of halogens is 1. The zero-order valence-corrected chi connectivity index (χ0v) is 18.5. The summed E-state index contributed by atoms with van der Waals surface area (Å²) < 4.78 is 2.75. The van der Waals surface area contributed by atoms with Gasteiger partial charge in [-0.3, -0.25) is 4.79 Å². The molecule has 1 aromatic carbocycles. The molecule has 7 nitrogen and oxygen atoms in total. The van der Waals surface area contributed by atoms with Gasteiger partial charge in [-0.1, -0.05) is 34.6 Å². The number of anilines is 1. The normalized spacial score (nSPS) is 11.2. The van der Waals surface area contributed by atoms with Crippen LogP contribution in [0.15, 0.2) is 40.1 Å². The molecule has 2 N–H and O–H groups in total. The van der Waals surface area contributed by atoms with Gasteiger partial charge in [0, 0.05) is 22.6 Å². The van der Waals surface area contributed by atoms with Crippen LogP contribution in [0.1, 0.15) is 31.1 Å². The Balaban J connectivity index is 1.74. The van der Waals surface area contributed by atoms with Crippen molar-refractivity contribution < 1.29 is 4.79 Å². The lowest BCUT2D eigenvalue weighted by Gasteiger charge is -2.11. The van der Waals surface area contributed by atoms with E-state index in [1.165, 1.54) is 0 Å². The van der Waals surface area contributed by atoms with Crippen molar-refractivity contribution in [2.24, 2.45) is 0 Å². The Labute approximate surface area is 176 Å². The van der Waals surface area contributed by atoms with Crippen molar-refractivity contribution in [1.29, 1.82) is 0 Å². The van der Waals surface area contributed by atoms with E-state index in [1.807, 2.05) is 16.8 Å². The average molecular weight is 463 g/mol. The first-order valence-electron chi connectivity index (χ1n) is 9.14. The Morgan fingerprint density at radius 3 is 2.68 bits per heavy atom. The number of nitrogens with one attached hydrogen (secondary N) is 2. The minimum Gasteiger partial charge on any atom is -0.367 e. The van der Waals surface area contributed by atoms with Crippen molar-refractivity contribution >= 4 is 50.5 Å². The Morgan fingerprint density at radius 1 is 1.25 bits per heavy atom. The fraction of sp³-hybridized carbons (Fsp3) is 0.368. The number of nitrogens with zero attached hydrogens (tertiary/aromatic N) is 4. The van der Waals surface area contributed by atoms with Crippen LogP contribution in [-0.2, 0) is 6.54 Å². The second-order valence-electron chi connectivity index (χ2n) is 6.45. The van der Waals surface area contributed by atoms with Crippen molar-refractivity contribution in [2.45, 2.75) is 38.5 Å². The SMILES string of the molecule is CCSc1nc(NC(C)C)c2cnn(CCNC(=O)c3ccc(Br)cc3)c2n1. The van der Waals surface area contributed by atoms with Gasteiger partial charge >= 0.3 is 0 Å². The number of fused-ring (bicyclic) bond motifs is 1. The van der Waals surface area contributed by atoms with E-state index in [-0.39, 0.29) is 11.9 Å². The topological polar surface area (TPSA) is 84.7 Å². The van der Waals surface area contributed by atoms with E-state index in [9.17, 15) is 4.79 Å². The maximum Gasteiger partial charge on any atom is 0.251 e. The van der Waals surface area contributed by atoms with Crippen molar-refractivity contribution in [3.8, 4) is 0 Å². The molecule has 0 aliphatic heterocycles. The molecule has 0 aliphatic carbocycles. The van der Waals surface area contributed by atoms with Crippen molar-refractivity contribution in [1.82, 2.24) is 25.1 Å². The Bertz CT molecular complexity index is 957. The van der Waals surface area contributed by atoms with Crippen LogP contribution >= 0.6 is 27.7 Å². The third kappa shape index (κ3) is 5.02. The third-order valence-corrected chi connectivity index (χ3v) is 5.15. The van der Waals surface area contributed by atoms with E-state index >= 15 is 0 Å². The van der Waals surface area contributed by atoms with Crippen LogP contribution in [0, 0.1) is 0 Å². The molecule has 0 atom stereocenters. The minimum atomic E-state index is -0.108. The Hall–Kier alpha value is -2.13. The predicted octanol–water partition coefficient (Wildman–Crippen LogP) is 3.95. The highest BCUT2D eigenvalue weighted by molar-refractivity contribution is 9.10. The Morgan fingerprint density at radius 2 is 2.00 bits per heavy atom. The summed E-state index contributed by atoms with van der Waals surface area (Å²) in [7, 11) is 0. The van der Waals surface area contributed by atoms with Crippen LogP contribution in [-0.4, -0.2) is 44.0 Å². The van der Waals surface area contributed by atoms with Crippen LogP contribution in [0.5, 0.6) is 0 Å². The smallest absolute Gasteiger partial charge is 0.251 e. The van der Waals surface area contributed by atoms with Crippen LogP contribution in [0.2, 0.25) is 0 Å². The second-order valence-corrected chi connectivity index (χ2v) is 8.60. The number of rotatable bonds is 8. The summed E-state index contributed by atoms with van der Waals surface area (Å²) in [6.07, 6.45) is 1.77. The summed E-state index contributed by atoms with van der Waals surface area (Å²) in [5, 5.41) is 12.4. The van der Waals surface area contributed by atoms with E-state index < -0.39 is 0 Å².